The summed E-state index contributed by atoms with van der Waals surface area (Å²) in [5, 5.41) is 19.2. The number of carbonyl (C=O) groups excluding carboxylic acids is 3. The lowest BCUT2D eigenvalue weighted by Crippen LogP contribution is -2.40. The molecule has 2 amide bonds. The second-order valence-electron chi connectivity index (χ2n) is 3.85. The van der Waals surface area contributed by atoms with E-state index < -0.39 is 23.7 Å². The third kappa shape index (κ3) is 3.02. The molecule has 0 unspecified atom stereocenters. The number of rotatable bonds is 3. The van der Waals surface area contributed by atoms with E-state index in [1.54, 1.807) is 12.1 Å². The Bertz CT molecular complexity index is 643. The topological polar surface area (TPSA) is 97.7 Å². The van der Waals surface area contributed by atoms with Gasteiger partial charge in [-0.05, 0) is 51.5 Å². The second-order valence-corrected chi connectivity index (χ2v) is 5.70. The van der Waals surface area contributed by atoms with E-state index >= 15 is 0 Å². The van der Waals surface area contributed by atoms with E-state index in [1.807, 2.05) is 0 Å². The van der Waals surface area contributed by atoms with Crippen LogP contribution in [0.25, 0.3) is 6.08 Å². The number of amides is 2. The molecule has 1 N–H and O–H groups in total. The zero-order valence-electron chi connectivity index (χ0n) is 9.83. The van der Waals surface area contributed by atoms with Crippen molar-refractivity contribution in [1.82, 2.24) is 4.90 Å². The third-order valence-electron chi connectivity index (χ3n) is 2.43. The minimum Gasteiger partial charge on any atom is -0.548 e. The first-order valence-electron chi connectivity index (χ1n) is 5.32. The lowest BCUT2D eigenvalue weighted by molar-refractivity contribution is -0.305. The monoisotopic (exact) mass is 356 g/mol. The average molecular weight is 357 g/mol. The van der Waals surface area contributed by atoms with E-state index in [4.69, 9.17) is 0 Å². The van der Waals surface area contributed by atoms with E-state index in [2.05, 4.69) is 15.9 Å². The van der Waals surface area contributed by atoms with Gasteiger partial charge in [-0.3, -0.25) is 14.5 Å². The Labute approximate surface area is 126 Å². The number of hydrogen-bond donors (Lipinski definition) is 1. The first kappa shape index (κ1) is 14.6. The highest BCUT2D eigenvalue weighted by atomic mass is 79.9. The maximum atomic E-state index is 11.9. The van der Waals surface area contributed by atoms with Gasteiger partial charge in [-0.1, -0.05) is 6.07 Å². The molecule has 0 atom stereocenters. The fraction of sp³-hybridized carbons (Fsp3) is 0.0833. The molecule has 2 rings (SSSR count). The van der Waals surface area contributed by atoms with Crippen LogP contribution in [0.2, 0.25) is 0 Å². The molecule has 104 valence electrons. The Morgan fingerprint density at radius 1 is 1.45 bits per heavy atom. The average Bonchev–Trinajstić information content (AvgIpc) is 2.61. The van der Waals surface area contributed by atoms with Crippen LogP contribution >= 0.6 is 27.7 Å². The van der Waals surface area contributed by atoms with Crippen LogP contribution in [-0.4, -0.2) is 33.7 Å². The molecule has 1 aromatic rings. The molecular weight excluding hydrogens is 350 g/mol. The molecule has 0 radical (unpaired) electrons. The van der Waals surface area contributed by atoms with Crippen molar-refractivity contribution in [2.75, 3.05) is 6.54 Å². The Balaban J connectivity index is 2.27. The summed E-state index contributed by atoms with van der Waals surface area (Å²) < 4.78 is 0.445. The standard InChI is InChI=1S/C12H8BrNO5S/c13-7-3-6(1-2-8(7)15)4-9-11(18)14(5-10(16)17)12(19)20-9/h1-4,15H,5H2,(H,16,17)/p-1/b9-4+. The first-order chi connectivity index (χ1) is 9.38. The summed E-state index contributed by atoms with van der Waals surface area (Å²) in [6.45, 7) is -0.763. The van der Waals surface area contributed by atoms with E-state index in [1.165, 1.54) is 12.1 Å². The molecule has 6 nitrogen and oxygen atoms in total. The number of carbonyl (C=O) groups is 3. The minimum atomic E-state index is -1.50. The Morgan fingerprint density at radius 3 is 2.75 bits per heavy atom. The summed E-state index contributed by atoms with van der Waals surface area (Å²) in [5.74, 6) is -2.12. The van der Waals surface area contributed by atoms with E-state index in [9.17, 15) is 24.6 Å². The Morgan fingerprint density at radius 2 is 2.15 bits per heavy atom. The molecule has 1 aromatic carbocycles. The van der Waals surface area contributed by atoms with Crippen LogP contribution < -0.4 is 5.11 Å². The van der Waals surface area contributed by atoms with E-state index in [-0.39, 0.29) is 10.7 Å². The summed E-state index contributed by atoms with van der Waals surface area (Å²) in [5.41, 5.74) is 0.591. The molecule has 8 heteroatoms. The van der Waals surface area contributed by atoms with Crippen molar-refractivity contribution in [3.8, 4) is 5.75 Å². The summed E-state index contributed by atoms with van der Waals surface area (Å²) in [7, 11) is 0. The van der Waals surface area contributed by atoms with Crippen LogP contribution in [-0.2, 0) is 9.59 Å². The number of phenolic OH excluding ortho intramolecular Hbond substituents is 1. The summed E-state index contributed by atoms with van der Waals surface area (Å²) in [4.78, 5) is 34.6. The number of phenols is 1. The van der Waals surface area contributed by atoms with Crippen molar-refractivity contribution in [2.45, 2.75) is 0 Å². The Hall–Kier alpha value is -1.80. The maximum Gasteiger partial charge on any atom is 0.293 e. The molecule has 0 bridgehead atoms. The number of benzene rings is 1. The fourth-order valence-electron chi connectivity index (χ4n) is 1.53. The van der Waals surface area contributed by atoms with Crippen LogP contribution in [0.4, 0.5) is 4.79 Å². The lowest BCUT2D eigenvalue weighted by atomic mass is 10.2. The normalized spacial score (nSPS) is 17.1. The molecule has 0 saturated carbocycles. The van der Waals surface area contributed by atoms with Gasteiger partial charge in [0.2, 0.25) is 0 Å². The highest BCUT2D eigenvalue weighted by molar-refractivity contribution is 9.10. The number of carboxylic acid groups (broad SMARTS) is 1. The molecule has 0 aliphatic carbocycles. The lowest BCUT2D eigenvalue weighted by Gasteiger charge is -2.12. The number of carboxylic acids is 1. The number of imide groups is 1. The molecule has 20 heavy (non-hydrogen) atoms. The van der Waals surface area contributed by atoms with Crippen LogP contribution in [0, 0.1) is 0 Å². The van der Waals surface area contributed by atoms with Crippen molar-refractivity contribution in [1.29, 1.82) is 0 Å². The summed E-state index contributed by atoms with van der Waals surface area (Å²) >= 11 is 3.79. The van der Waals surface area contributed by atoms with Gasteiger partial charge in [0, 0.05) is 0 Å². The third-order valence-corrected chi connectivity index (χ3v) is 3.97. The molecule has 1 saturated heterocycles. The summed E-state index contributed by atoms with van der Waals surface area (Å²) in [6, 6.07) is 4.57. The molecule has 1 aliphatic heterocycles. The van der Waals surface area contributed by atoms with Gasteiger partial charge in [-0.15, -0.1) is 0 Å². The molecule has 1 fully saturated rings. The van der Waals surface area contributed by atoms with Crippen molar-refractivity contribution in [2.24, 2.45) is 0 Å². The molecule has 1 heterocycles. The zero-order valence-corrected chi connectivity index (χ0v) is 12.2. The molecule has 1 aliphatic rings. The van der Waals surface area contributed by atoms with Crippen LogP contribution in [0.3, 0.4) is 0 Å². The zero-order chi connectivity index (χ0) is 14.9. The fourth-order valence-corrected chi connectivity index (χ4v) is 2.76. The SMILES string of the molecule is O=C([O-])CN1C(=O)S/C(=C/c2ccc(O)c(Br)c2)C1=O. The summed E-state index contributed by atoms with van der Waals surface area (Å²) in [6.07, 6.45) is 1.45. The van der Waals surface area contributed by atoms with Crippen LogP contribution in [0.15, 0.2) is 27.6 Å². The molecule has 0 spiro atoms. The number of aromatic hydroxyl groups is 1. The molecular formula is C12H7BrNO5S-. The predicted octanol–water partition coefficient (Wildman–Crippen LogP) is 0.941. The highest BCUT2D eigenvalue weighted by Gasteiger charge is 2.34. The largest absolute Gasteiger partial charge is 0.548 e. The van der Waals surface area contributed by atoms with E-state index in [0.29, 0.717) is 26.7 Å². The van der Waals surface area contributed by atoms with Crippen molar-refractivity contribution < 1.29 is 24.6 Å². The number of aliphatic carboxylic acids is 1. The van der Waals surface area contributed by atoms with Gasteiger partial charge < -0.3 is 15.0 Å². The van der Waals surface area contributed by atoms with Crippen LogP contribution in [0.5, 0.6) is 5.75 Å². The number of hydrogen-bond acceptors (Lipinski definition) is 6. The number of halogens is 1. The van der Waals surface area contributed by atoms with Gasteiger partial charge in [0.15, 0.2) is 0 Å². The number of nitrogens with zero attached hydrogens (tertiary/aromatic N) is 1. The quantitative estimate of drug-likeness (QED) is 0.809. The highest BCUT2D eigenvalue weighted by Crippen LogP contribution is 2.33. The van der Waals surface area contributed by atoms with Gasteiger partial charge in [0.25, 0.3) is 11.1 Å². The van der Waals surface area contributed by atoms with Gasteiger partial charge in [0.05, 0.1) is 21.9 Å². The Kier molecular flexibility index (Phi) is 4.15. The van der Waals surface area contributed by atoms with Crippen molar-refractivity contribution >= 4 is 50.9 Å². The number of thioether (sulfide) groups is 1. The van der Waals surface area contributed by atoms with E-state index in [0.717, 1.165) is 0 Å². The van der Waals surface area contributed by atoms with Gasteiger partial charge in [-0.25, -0.2) is 0 Å². The first-order valence-corrected chi connectivity index (χ1v) is 6.93. The van der Waals surface area contributed by atoms with Crippen LogP contribution in [0.1, 0.15) is 5.56 Å². The van der Waals surface area contributed by atoms with Crippen molar-refractivity contribution in [3.63, 3.8) is 0 Å². The smallest absolute Gasteiger partial charge is 0.293 e. The maximum absolute atomic E-state index is 11.9. The van der Waals surface area contributed by atoms with Gasteiger partial charge in [0.1, 0.15) is 5.75 Å². The predicted molar refractivity (Wildman–Crippen MR) is 73.5 cm³/mol. The van der Waals surface area contributed by atoms with Crippen molar-refractivity contribution in [3.05, 3.63) is 33.1 Å². The van der Waals surface area contributed by atoms with Gasteiger partial charge >= 0.3 is 0 Å². The molecule has 0 aromatic heterocycles. The van der Waals surface area contributed by atoms with Gasteiger partial charge in [-0.2, -0.15) is 0 Å². The minimum absolute atomic E-state index is 0.0483. The second kappa shape index (κ2) is 5.68.